The van der Waals surface area contributed by atoms with Crippen LogP contribution in [0.4, 0.5) is 0 Å². The Morgan fingerprint density at radius 3 is 2.70 bits per heavy atom. The Hall–Kier alpha value is -2.54. The fourth-order valence-electron chi connectivity index (χ4n) is 3.21. The molecule has 0 atom stereocenters. The second-order valence-corrected chi connectivity index (χ2v) is 6.91. The summed E-state index contributed by atoms with van der Waals surface area (Å²) in [6, 6.07) is 5.33. The molecular formula is C20H27N3O4. The van der Waals surface area contributed by atoms with Crippen molar-refractivity contribution in [1.82, 2.24) is 15.0 Å². The molecule has 146 valence electrons. The number of aryl methyl sites for hydroxylation is 2. The number of rotatable bonds is 5. The molecule has 1 saturated heterocycles. The van der Waals surface area contributed by atoms with E-state index in [2.05, 4.69) is 17.1 Å². The van der Waals surface area contributed by atoms with Crippen LogP contribution in [0.25, 0.3) is 0 Å². The smallest absolute Gasteiger partial charge is 0.254 e. The first kappa shape index (κ1) is 19.2. The summed E-state index contributed by atoms with van der Waals surface area (Å²) in [5.41, 5.74) is 2.34. The summed E-state index contributed by atoms with van der Waals surface area (Å²) in [5.74, 6) is 1.90. The van der Waals surface area contributed by atoms with Crippen LogP contribution in [-0.2, 0) is 6.61 Å². The second kappa shape index (κ2) is 8.43. The van der Waals surface area contributed by atoms with Crippen LogP contribution in [0, 0.1) is 13.8 Å². The van der Waals surface area contributed by atoms with Crippen molar-refractivity contribution < 1.29 is 18.8 Å². The third kappa shape index (κ3) is 4.42. The molecule has 1 amide bonds. The predicted octanol–water partition coefficient (Wildman–Crippen LogP) is 2.66. The normalized spacial score (nSPS) is 15.5. The van der Waals surface area contributed by atoms with Crippen molar-refractivity contribution in [2.24, 2.45) is 0 Å². The number of carbonyl (C=O) groups is 1. The highest BCUT2D eigenvalue weighted by atomic mass is 16.5. The standard InChI is InChI=1S/C20H27N3O4/c1-14-17(15(2)27-21-14)13-26-18-7-6-16(12-19(18)25-4)20(24)23-9-5-8-22(3)10-11-23/h6-7,12H,5,8-11,13H2,1-4H3. The van der Waals surface area contributed by atoms with Gasteiger partial charge in [-0.25, -0.2) is 0 Å². The van der Waals surface area contributed by atoms with Gasteiger partial charge in [0, 0.05) is 25.2 Å². The lowest BCUT2D eigenvalue weighted by molar-refractivity contribution is 0.0762. The summed E-state index contributed by atoms with van der Waals surface area (Å²) in [6.07, 6.45) is 0.984. The van der Waals surface area contributed by atoms with Gasteiger partial charge in [-0.2, -0.15) is 0 Å². The molecule has 0 saturated carbocycles. The molecule has 1 aromatic heterocycles. The minimum absolute atomic E-state index is 0.0286. The van der Waals surface area contributed by atoms with Gasteiger partial charge in [0.2, 0.25) is 0 Å². The number of ether oxygens (including phenoxy) is 2. The van der Waals surface area contributed by atoms with E-state index in [4.69, 9.17) is 14.0 Å². The average Bonchev–Trinajstić information content (AvgIpc) is 2.85. The molecule has 0 spiro atoms. The molecule has 1 aliphatic heterocycles. The Labute approximate surface area is 159 Å². The van der Waals surface area contributed by atoms with Gasteiger partial charge in [-0.1, -0.05) is 5.16 Å². The Balaban J connectivity index is 1.72. The number of amides is 1. The van der Waals surface area contributed by atoms with Crippen LogP contribution in [-0.4, -0.2) is 61.2 Å². The lowest BCUT2D eigenvalue weighted by Gasteiger charge is -2.21. The van der Waals surface area contributed by atoms with Gasteiger partial charge in [-0.3, -0.25) is 4.79 Å². The predicted molar refractivity (Wildman–Crippen MR) is 101 cm³/mol. The monoisotopic (exact) mass is 373 g/mol. The number of methoxy groups -OCH3 is 1. The number of aromatic nitrogens is 1. The van der Waals surface area contributed by atoms with E-state index in [1.54, 1.807) is 25.3 Å². The van der Waals surface area contributed by atoms with E-state index in [1.165, 1.54) is 0 Å². The number of hydrogen-bond acceptors (Lipinski definition) is 6. The third-order valence-corrected chi connectivity index (χ3v) is 4.97. The summed E-state index contributed by atoms with van der Waals surface area (Å²) in [7, 11) is 3.66. The van der Waals surface area contributed by atoms with Crippen molar-refractivity contribution in [2.75, 3.05) is 40.3 Å². The van der Waals surface area contributed by atoms with E-state index in [-0.39, 0.29) is 5.91 Å². The lowest BCUT2D eigenvalue weighted by atomic mass is 10.1. The summed E-state index contributed by atoms with van der Waals surface area (Å²) in [5, 5.41) is 3.93. The maximum Gasteiger partial charge on any atom is 0.254 e. The molecule has 0 radical (unpaired) electrons. The molecule has 0 aliphatic carbocycles. The molecule has 1 fully saturated rings. The first-order valence-corrected chi connectivity index (χ1v) is 9.20. The van der Waals surface area contributed by atoms with Crippen LogP contribution in [0.2, 0.25) is 0 Å². The number of likely N-dealkylation sites (N-methyl/N-ethyl adjacent to an activating group) is 1. The van der Waals surface area contributed by atoms with E-state index >= 15 is 0 Å². The highest BCUT2D eigenvalue weighted by Crippen LogP contribution is 2.30. The fourth-order valence-corrected chi connectivity index (χ4v) is 3.21. The molecule has 7 heteroatoms. The third-order valence-electron chi connectivity index (χ3n) is 4.97. The van der Waals surface area contributed by atoms with E-state index in [9.17, 15) is 4.79 Å². The molecule has 3 rings (SSSR count). The largest absolute Gasteiger partial charge is 0.493 e. The van der Waals surface area contributed by atoms with E-state index < -0.39 is 0 Å². The summed E-state index contributed by atoms with van der Waals surface area (Å²) in [4.78, 5) is 17.0. The van der Waals surface area contributed by atoms with Gasteiger partial charge < -0.3 is 23.8 Å². The minimum Gasteiger partial charge on any atom is -0.493 e. The van der Waals surface area contributed by atoms with E-state index in [0.29, 0.717) is 23.7 Å². The summed E-state index contributed by atoms with van der Waals surface area (Å²) >= 11 is 0. The van der Waals surface area contributed by atoms with Gasteiger partial charge in [0.1, 0.15) is 12.4 Å². The Bertz CT molecular complexity index is 783. The molecule has 7 nitrogen and oxygen atoms in total. The van der Waals surface area contributed by atoms with Crippen LogP contribution in [0.15, 0.2) is 22.7 Å². The van der Waals surface area contributed by atoms with E-state index in [1.807, 2.05) is 18.7 Å². The Kier molecular flexibility index (Phi) is 6.01. The number of hydrogen-bond donors (Lipinski definition) is 0. The van der Waals surface area contributed by atoms with Gasteiger partial charge in [-0.15, -0.1) is 0 Å². The first-order valence-electron chi connectivity index (χ1n) is 9.20. The number of nitrogens with zero attached hydrogens (tertiary/aromatic N) is 3. The SMILES string of the molecule is COc1cc(C(=O)N2CCCN(C)CC2)ccc1OCc1c(C)noc1C. The number of carbonyl (C=O) groups excluding carboxylic acids is 1. The van der Waals surface area contributed by atoms with Gasteiger partial charge in [-0.05, 0) is 52.1 Å². The van der Waals surface area contributed by atoms with Gasteiger partial charge in [0.05, 0.1) is 18.4 Å². The van der Waals surface area contributed by atoms with Gasteiger partial charge in [0.15, 0.2) is 11.5 Å². The second-order valence-electron chi connectivity index (χ2n) is 6.91. The zero-order chi connectivity index (χ0) is 19.4. The quantitative estimate of drug-likeness (QED) is 0.803. The van der Waals surface area contributed by atoms with Crippen molar-refractivity contribution in [3.63, 3.8) is 0 Å². The molecule has 1 aliphatic rings. The molecule has 2 heterocycles. The van der Waals surface area contributed by atoms with Crippen LogP contribution in [0.5, 0.6) is 11.5 Å². The molecule has 27 heavy (non-hydrogen) atoms. The summed E-state index contributed by atoms with van der Waals surface area (Å²) in [6.45, 7) is 7.49. The van der Waals surface area contributed by atoms with Gasteiger partial charge in [0.25, 0.3) is 5.91 Å². The van der Waals surface area contributed by atoms with Crippen LogP contribution in [0.1, 0.15) is 33.8 Å². The minimum atomic E-state index is 0.0286. The average molecular weight is 373 g/mol. The fraction of sp³-hybridized carbons (Fsp3) is 0.500. The maximum absolute atomic E-state index is 12.9. The first-order chi connectivity index (χ1) is 13.0. The van der Waals surface area contributed by atoms with Crippen molar-refractivity contribution in [1.29, 1.82) is 0 Å². The van der Waals surface area contributed by atoms with Crippen LogP contribution < -0.4 is 9.47 Å². The molecule has 0 bridgehead atoms. The van der Waals surface area contributed by atoms with Crippen molar-refractivity contribution >= 4 is 5.91 Å². The lowest BCUT2D eigenvalue weighted by Crippen LogP contribution is -2.34. The highest BCUT2D eigenvalue weighted by Gasteiger charge is 2.20. The van der Waals surface area contributed by atoms with E-state index in [0.717, 1.165) is 49.6 Å². The van der Waals surface area contributed by atoms with Crippen molar-refractivity contribution in [3.8, 4) is 11.5 Å². The zero-order valence-corrected chi connectivity index (χ0v) is 16.4. The zero-order valence-electron chi connectivity index (χ0n) is 16.4. The highest BCUT2D eigenvalue weighted by molar-refractivity contribution is 5.95. The van der Waals surface area contributed by atoms with Gasteiger partial charge >= 0.3 is 0 Å². The molecule has 2 aromatic rings. The topological polar surface area (TPSA) is 68.0 Å². The molecular weight excluding hydrogens is 346 g/mol. The van der Waals surface area contributed by atoms with Crippen molar-refractivity contribution in [3.05, 3.63) is 40.8 Å². The summed E-state index contributed by atoms with van der Waals surface area (Å²) < 4.78 is 16.5. The molecule has 1 aromatic carbocycles. The Morgan fingerprint density at radius 1 is 1.19 bits per heavy atom. The maximum atomic E-state index is 12.9. The Morgan fingerprint density at radius 2 is 2.00 bits per heavy atom. The van der Waals surface area contributed by atoms with Crippen molar-refractivity contribution in [2.45, 2.75) is 26.9 Å². The van der Waals surface area contributed by atoms with Crippen LogP contribution >= 0.6 is 0 Å². The number of benzene rings is 1. The molecule has 0 unspecified atom stereocenters. The van der Waals surface area contributed by atoms with Crippen LogP contribution in [0.3, 0.4) is 0 Å². The molecule has 0 N–H and O–H groups in total.